The maximum Gasteiger partial charge on any atom is 0.410 e. The fraction of sp³-hybridized carbons (Fsp3) is 0.389. The maximum absolute atomic E-state index is 12.2. The van der Waals surface area contributed by atoms with Crippen molar-refractivity contribution >= 4 is 33.4 Å². The Kier molecular flexibility index (Phi) is 6.86. The second kappa shape index (κ2) is 9.33. The number of carbonyl (C=O) groups excluding carboxylic acids is 1. The molecule has 1 atom stereocenters. The van der Waals surface area contributed by atoms with Crippen molar-refractivity contribution in [1.82, 2.24) is 10.2 Å². The Labute approximate surface area is 160 Å². The van der Waals surface area contributed by atoms with Crippen LogP contribution in [0.1, 0.15) is 11.1 Å². The Bertz CT molecular complexity index is 680. The van der Waals surface area contributed by atoms with Gasteiger partial charge in [-0.2, -0.15) is 0 Å². The fourth-order valence-electron chi connectivity index (χ4n) is 2.64. The molecule has 1 N–H and O–H groups in total. The monoisotopic (exact) mass is 424 g/mol. The second-order valence-electron chi connectivity index (χ2n) is 5.87. The molecule has 1 saturated heterocycles. The predicted molar refractivity (Wildman–Crippen MR) is 102 cm³/mol. The standard InChI is InChI=1S/C18H21BrN2O3S/c19-17-8-15(13-25-17)9-20-10-16-11-21(6-7-23-16)18(22)24-12-14-4-2-1-3-5-14/h1-5,8,13,16,20H,6-7,9-12H2. The van der Waals surface area contributed by atoms with Crippen molar-refractivity contribution in [2.45, 2.75) is 19.3 Å². The summed E-state index contributed by atoms with van der Waals surface area (Å²) in [5.74, 6) is 0. The molecule has 1 amide bonds. The van der Waals surface area contributed by atoms with Gasteiger partial charge in [0.25, 0.3) is 0 Å². The summed E-state index contributed by atoms with van der Waals surface area (Å²) in [5.41, 5.74) is 2.23. The van der Waals surface area contributed by atoms with Crippen LogP contribution < -0.4 is 5.32 Å². The Hall–Kier alpha value is -1.41. The van der Waals surface area contributed by atoms with E-state index >= 15 is 0 Å². The average molecular weight is 425 g/mol. The van der Waals surface area contributed by atoms with Crippen LogP contribution in [0.5, 0.6) is 0 Å². The zero-order valence-corrected chi connectivity index (χ0v) is 16.2. The van der Waals surface area contributed by atoms with Gasteiger partial charge in [-0.1, -0.05) is 30.3 Å². The highest BCUT2D eigenvalue weighted by Crippen LogP contribution is 2.20. The molecule has 2 aromatic rings. The fourth-order valence-corrected chi connectivity index (χ4v) is 3.84. The van der Waals surface area contributed by atoms with Crippen LogP contribution in [0.25, 0.3) is 0 Å². The van der Waals surface area contributed by atoms with Gasteiger partial charge in [-0.15, -0.1) is 11.3 Å². The van der Waals surface area contributed by atoms with Crippen LogP contribution >= 0.6 is 27.3 Å². The van der Waals surface area contributed by atoms with Gasteiger partial charge in [0.2, 0.25) is 0 Å². The van der Waals surface area contributed by atoms with Gasteiger partial charge in [0.05, 0.1) is 23.0 Å². The van der Waals surface area contributed by atoms with Gasteiger partial charge in [-0.05, 0) is 38.5 Å². The number of nitrogens with one attached hydrogen (secondary N) is 1. The van der Waals surface area contributed by atoms with Gasteiger partial charge in [0, 0.05) is 19.6 Å². The molecule has 1 aromatic carbocycles. The molecule has 25 heavy (non-hydrogen) atoms. The minimum Gasteiger partial charge on any atom is -0.445 e. The van der Waals surface area contributed by atoms with Crippen molar-refractivity contribution in [2.24, 2.45) is 0 Å². The summed E-state index contributed by atoms with van der Waals surface area (Å²) < 4.78 is 12.3. The molecule has 1 aromatic heterocycles. The molecular formula is C18H21BrN2O3S. The van der Waals surface area contributed by atoms with Crippen molar-refractivity contribution < 1.29 is 14.3 Å². The molecular weight excluding hydrogens is 404 g/mol. The third-order valence-electron chi connectivity index (χ3n) is 3.93. The molecule has 0 aliphatic carbocycles. The number of nitrogens with zero attached hydrogens (tertiary/aromatic N) is 1. The molecule has 2 heterocycles. The first-order chi connectivity index (χ1) is 12.2. The van der Waals surface area contributed by atoms with Crippen molar-refractivity contribution in [1.29, 1.82) is 0 Å². The first-order valence-electron chi connectivity index (χ1n) is 8.21. The maximum atomic E-state index is 12.2. The van der Waals surface area contributed by atoms with E-state index in [0.29, 0.717) is 32.8 Å². The smallest absolute Gasteiger partial charge is 0.410 e. The van der Waals surface area contributed by atoms with Gasteiger partial charge in [-0.3, -0.25) is 0 Å². The largest absolute Gasteiger partial charge is 0.445 e. The number of hydrogen-bond donors (Lipinski definition) is 1. The first-order valence-corrected chi connectivity index (χ1v) is 9.89. The van der Waals surface area contributed by atoms with Gasteiger partial charge >= 0.3 is 6.09 Å². The summed E-state index contributed by atoms with van der Waals surface area (Å²) in [5, 5.41) is 5.50. The second-order valence-corrected chi connectivity index (χ2v) is 8.16. The van der Waals surface area contributed by atoms with Gasteiger partial charge in [-0.25, -0.2) is 4.79 Å². The molecule has 7 heteroatoms. The zero-order chi connectivity index (χ0) is 17.5. The van der Waals surface area contributed by atoms with Crippen LogP contribution in [0.4, 0.5) is 4.79 Å². The van der Waals surface area contributed by atoms with Crippen molar-refractivity contribution in [3.63, 3.8) is 0 Å². The molecule has 5 nitrogen and oxygen atoms in total. The zero-order valence-electron chi connectivity index (χ0n) is 13.8. The SMILES string of the molecule is O=C(OCc1ccccc1)N1CCOC(CNCc2csc(Br)c2)C1. The lowest BCUT2D eigenvalue weighted by Gasteiger charge is -2.32. The molecule has 1 aliphatic heterocycles. The topological polar surface area (TPSA) is 50.8 Å². The van der Waals surface area contributed by atoms with Crippen LogP contribution in [0, 0.1) is 0 Å². The molecule has 3 rings (SSSR count). The Balaban J connectivity index is 1.40. The molecule has 0 spiro atoms. The lowest BCUT2D eigenvalue weighted by Crippen LogP contribution is -2.49. The van der Waals surface area contributed by atoms with Gasteiger partial charge in [0.15, 0.2) is 0 Å². The number of halogens is 1. The lowest BCUT2D eigenvalue weighted by molar-refractivity contribution is -0.0271. The summed E-state index contributed by atoms with van der Waals surface area (Å²) in [7, 11) is 0. The van der Waals surface area contributed by atoms with E-state index in [2.05, 4.69) is 32.7 Å². The van der Waals surface area contributed by atoms with E-state index in [1.165, 1.54) is 5.56 Å². The summed E-state index contributed by atoms with van der Waals surface area (Å²) in [6.45, 7) is 3.45. The first kappa shape index (κ1) is 18.4. The number of thiophene rings is 1. The number of rotatable bonds is 6. The molecule has 1 aliphatic rings. The highest BCUT2D eigenvalue weighted by atomic mass is 79.9. The minimum absolute atomic E-state index is 0.0138. The van der Waals surface area contributed by atoms with Crippen molar-refractivity contribution in [3.05, 3.63) is 56.7 Å². The van der Waals surface area contributed by atoms with Crippen LogP contribution in [0.15, 0.2) is 45.6 Å². The predicted octanol–water partition coefficient (Wildman–Crippen LogP) is 3.64. The summed E-state index contributed by atoms with van der Waals surface area (Å²) in [4.78, 5) is 14.0. The number of ether oxygens (including phenoxy) is 2. The van der Waals surface area contributed by atoms with Gasteiger partial charge in [0.1, 0.15) is 6.61 Å². The van der Waals surface area contributed by atoms with E-state index in [1.54, 1.807) is 16.2 Å². The van der Waals surface area contributed by atoms with Crippen molar-refractivity contribution in [3.8, 4) is 0 Å². The number of morpholine rings is 1. The minimum atomic E-state index is -0.279. The molecule has 1 fully saturated rings. The number of hydrogen-bond acceptors (Lipinski definition) is 5. The Morgan fingerprint density at radius 3 is 2.96 bits per heavy atom. The normalized spacial score (nSPS) is 17.5. The van der Waals surface area contributed by atoms with Gasteiger partial charge < -0.3 is 19.7 Å². The molecule has 1 unspecified atom stereocenters. The van der Waals surface area contributed by atoms with E-state index in [1.807, 2.05) is 30.3 Å². The van der Waals surface area contributed by atoms with Crippen LogP contribution in [-0.2, 0) is 22.6 Å². The Morgan fingerprint density at radius 1 is 1.36 bits per heavy atom. The molecule has 0 radical (unpaired) electrons. The van der Waals surface area contributed by atoms with E-state index in [-0.39, 0.29) is 12.2 Å². The third kappa shape index (κ3) is 5.81. The lowest BCUT2D eigenvalue weighted by atomic mass is 10.2. The van der Waals surface area contributed by atoms with E-state index in [4.69, 9.17) is 9.47 Å². The van der Waals surface area contributed by atoms with Crippen LogP contribution in [0.3, 0.4) is 0 Å². The quantitative estimate of drug-likeness (QED) is 0.768. The highest BCUT2D eigenvalue weighted by Gasteiger charge is 2.25. The van der Waals surface area contributed by atoms with E-state index in [0.717, 1.165) is 15.9 Å². The molecule has 0 saturated carbocycles. The van der Waals surface area contributed by atoms with Crippen LogP contribution in [0.2, 0.25) is 0 Å². The summed E-state index contributed by atoms with van der Waals surface area (Å²) in [6.07, 6.45) is -0.293. The van der Waals surface area contributed by atoms with E-state index in [9.17, 15) is 4.79 Å². The third-order valence-corrected chi connectivity index (χ3v) is 5.48. The average Bonchev–Trinajstić information content (AvgIpc) is 3.06. The molecule has 134 valence electrons. The van der Waals surface area contributed by atoms with E-state index < -0.39 is 0 Å². The number of amides is 1. The highest BCUT2D eigenvalue weighted by molar-refractivity contribution is 9.11. The molecule has 0 bridgehead atoms. The summed E-state index contributed by atoms with van der Waals surface area (Å²) in [6, 6.07) is 11.8. The van der Waals surface area contributed by atoms with Crippen LogP contribution in [-0.4, -0.2) is 43.3 Å². The summed E-state index contributed by atoms with van der Waals surface area (Å²) >= 11 is 5.14. The number of benzene rings is 1. The van der Waals surface area contributed by atoms with Crippen molar-refractivity contribution in [2.75, 3.05) is 26.2 Å². The Morgan fingerprint density at radius 2 is 2.20 bits per heavy atom. The number of carbonyl (C=O) groups is 1.